The average molecular weight is 202 g/mol. The fourth-order valence-corrected chi connectivity index (χ4v) is 2.54. The molecule has 0 aliphatic carbocycles. The molecular formula is C9H18N2OS. The molecule has 1 rings (SSSR count). The Morgan fingerprint density at radius 3 is 3.08 bits per heavy atom. The van der Waals surface area contributed by atoms with E-state index in [4.69, 9.17) is 0 Å². The molecule has 1 unspecified atom stereocenters. The molecule has 0 aromatic carbocycles. The van der Waals surface area contributed by atoms with Crippen LogP contribution in [0.1, 0.15) is 13.3 Å². The number of likely N-dealkylation sites (N-methyl/N-ethyl adjacent to an activating group) is 1. The first-order valence-corrected chi connectivity index (χ1v) is 5.98. The van der Waals surface area contributed by atoms with Gasteiger partial charge in [0.2, 0.25) is 5.91 Å². The summed E-state index contributed by atoms with van der Waals surface area (Å²) in [5, 5.41) is 3.07. The van der Waals surface area contributed by atoms with Crippen molar-refractivity contribution in [3.63, 3.8) is 0 Å². The topological polar surface area (TPSA) is 32.3 Å². The Morgan fingerprint density at radius 2 is 2.46 bits per heavy atom. The molecule has 1 amide bonds. The predicted molar refractivity (Wildman–Crippen MR) is 57.0 cm³/mol. The first kappa shape index (κ1) is 10.9. The highest BCUT2D eigenvalue weighted by molar-refractivity contribution is 7.99. The largest absolute Gasteiger partial charge is 0.341 e. The van der Waals surface area contributed by atoms with Gasteiger partial charge in [0, 0.05) is 24.6 Å². The molecule has 1 N–H and O–H groups in total. The average Bonchev–Trinajstić information content (AvgIpc) is 2.30. The summed E-state index contributed by atoms with van der Waals surface area (Å²) in [6.45, 7) is 3.92. The Bertz CT molecular complexity index is 175. The molecule has 1 saturated heterocycles. The van der Waals surface area contributed by atoms with Crippen molar-refractivity contribution in [1.82, 2.24) is 10.2 Å². The highest BCUT2D eigenvalue weighted by atomic mass is 32.2. The highest BCUT2D eigenvalue weighted by Crippen LogP contribution is 2.11. The van der Waals surface area contributed by atoms with Gasteiger partial charge in [-0.25, -0.2) is 0 Å². The van der Waals surface area contributed by atoms with Crippen molar-refractivity contribution in [1.29, 1.82) is 0 Å². The number of nitrogens with one attached hydrogen (secondary N) is 1. The zero-order valence-corrected chi connectivity index (χ0v) is 9.19. The first-order valence-electron chi connectivity index (χ1n) is 4.83. The van der Waals surface area contributed by atoms with Crippen molar-refractivity contribution in [3.05, 3.63) is 0 Å². The molecule has 3 nitrogen and oxygen atoms in total. The molecule has 0 aromatic rings. The van der Waals surface area contributed by atoms with Gasteiger partial charge < -0.3 is 10.2 Å². The van der Waals surface area contributed by atoms with Crippen molar-refractivity contribution < 1.29 is 4.79 Å². The van der Waals surface area contributed by atoms with Crippen LogP contribution in [-0.2, 0) is 4.79 Å². The Kier molecular flexibility index (Phi) is 4.59. The molecule has 0 radical (unpaired) electrons. The second kappa shape index (κ2) is 5.50. The van der Waals surface area contributed by atoms with Gasteiger partial charge in [0.25, 0.3) is 0 Å². The molecule has 0 aromatic heterocycles. The molecule has 4 heteroatoms. The Balaban J connectivity index is 2.56. The predicted octanol–water partition coefficient (Wildman–Crippen LogP) is 0.560. The number of amides is 1. The lowest BCUT2D eigenvalue weighted by Crippen LogP contribution is -2.45. The van der Waals surface area contributed by atoms with Crippen LogP contribution in [0.15, 0.2) is 0 Å². The molecule has 0 spiro atoms. The van der Waals surface area contributed by atoms with Gasteiger partial charge in [-0.2, -0.15) is 11.8 Å². The lowest BCUT2D eigenvalue weighted by Gasteiger charge is -2.22. The number of hydrogen-bond acceptors (Lipinski definition) is 3. The molecule has 13 heavy (non-hydrogen) atoms. The van der Waals surface area contributed by atoms with Crippen LogP contribution in [-0.4, -0.2) is 48.5 Å². The van der Waals surface area contributed by atoms with Crippen molar-refractivity contribution in [3.8, 4) is 0 Å². The Hall–Kier alpha value is -0.220. The van der Waals surface area contributed by atoms with Crippen LogP contribution in [0, 0.1) is 0 Å². The van der Waals surface area contributed by atoms with E-state index in [1.54, 1.807) is 0 Å². The minimum Gasteiger partial charge on any atom is -0.341 e. The zero-order chi connectivity index (χ0) is 9.68. The molecule has 1 heterocycles. The third kappa shape index (κ3) is 2.88. The van der Waals surface area contributed by atoms with Gasteiger partial charge in [-0.15, -0.1) is 0 Å². The van der Waals surface area contributed by atoms with Crippen LogP contribution < -0.4 is 5.32 Å². The normalized spacial score (nSPS) is 24.6. The lowest BCUT2D eigenvalue weighted by atomic mass is 10.2. The maximum absolute atomic E-state index is 11.8. The van der Waals surface area contributed by atoms with E-state index in [2.05, 4.69) is 12.2 Å². The summed E-state index contributed by atoms with van der Waals surface area (Å²) in [6, 6.07) is 0.0269. The summed E-state index contributed by atoms with van der Waals surface area (Å²) in [4.78, 5) is 13.8. The van der Waals surface area contributed by atoms with Gasteiger partial charge in [-0.1, -0.05) is 6.92 Å². The third-order valence-electron chi connectivity index (χ3n) is 2.24. The lowest BCUT2D eigenvalue weighted by molar-refractivity contribution is -0.132. The van der Waals surface area contributed by atoms with Gasteiger partial charge in [-0.05, 0) is 13.5 Å². The van der Waals surface area contributed by atoms with Crippen LogP contribution >= 0.6 is 11.8 Å². The van der Waals surface area contributed by atoms with Gasteiger partial charge >= 0.3 is 0 Å². The van der Waals surface area contributed by atoms with E-state index >= 15 is 0 Å². The van der Waals surface area contributed by atoms with Crippen molar-refractivity contribution in [2.45, 2.75) is 19.4 Å². The molecule has 1 aliphatic rings. The summed E-state index contributed by atoms with van der Waals surface area (Å²) in [5.74, 6) is 2.26. The molecular weight excluding hydrogens is 184 g/mol. The number of hydrogen-bond donors (Lipinski definition) is 1. The van der Waals surface area contributed by atoms with E-state index in [-0.39, 0.29) is 11.9 Å². The second-order valence-electron chi connectivity index (χ2n) is 3.24. The third-order valence-corrected chi connectivity index (χ3v) is 3.28. The van der Waals surface area contributed by atoms with Crippen LogP contribution in [0.4, 0.5) is 0 Å². The quantitative estimate of drug-likeness (QED) is 0.726. The minimum absolute atomic E-state index is 0.0269. The zero-order valence-electron chi connectivity index (χ0n) is 8.38. The number of carbonyl (C=O) groups is 1. The molecule has 1 atom stereocenters. The van der Waals surface area contributed by atoms with Gasteiger partial charge in [-0.3, -0.25) is 4.79 Å². The maximum atomic E-state index is 11.8. The van der Waals surface area contributed by atoms with Crippen LogP contribution in [0.2, 0.25) is 0 Å². The van der Waals surface area contributed by atoms with Crippen LogP contribution in [0.25, 0.3) is 0 Å². The van der Waals surface area contributed by atoms with Crippen molar-refractivity contribution in [2.24, 2.45) is 0 Å². The molecule has 1 aliphatic heterocycles. The van der Waals surface area contributed by atoms with Gasteiger partial charge in [0.05, 0.1) is 6.04 Å². The van der Waals surface area contributed by atoms with Crippen molar-refractivity contribution >= 4 is 17.7 Å². The summed E-state index contributed by atoms with van der Waals surface area (Å²) < 4.78 is 0. The van der Waals surface area contributed by atoms with Crippen LogP contribution in [0.5, 0.6) is 0 Å². The minimum atomic E-state index is 0.0269. The SMILES string of the molecule is CCCN1CCSCC(NC)C1=O. The number of rotatable bonds is 3. The van der Waals surface area contributed by atoms with Gasteiger partial charge in [0.15, 0.2) is 0 Å². The number of carbonyl (C=O) groups excluding carboxylic acids is 1. The standard InChI is InChI=1S/C9H18N2OS/c1-3-4-11-5-6-13-7-8(10-2)9(11)12/h8,10H,3-7H2,1-2H3. The summed E-state index contributed by atoms with van der Waals surface area (Å²) in [6.07, 6.45) is 1.05. The maximum Gasteiger partial charge on any atom is 0.240 e. The summed E-state index contributed by atoms with van der Waals surface area (Å²) >= 11 is 1.86. The van der Waals surface area contributed by atoms with E-state index in [1.807, 2.05) is 23.7 Å². The molecule has 1 fully saturated rings. The Labute approximate surface area is 84.2 Å². The van der Waals surface area contributed by atoms with Crippen molar-refractivity contribution in [2.75, 3.05) is 31.6 Å². The van der Waals surface area contributed by atoms with E-state index in [0.29, 0.717) is 0 Å². The smallest absolute Gasteiger partial charge is 0.240 e. The molecule has 0 bridgehead atoms. The van der Waals surface area contributed by atoms with E-state index in [9.17, 15) is 4.79 Å². The number of nitrogens with zero attached hydrogens (tertiary/aromatic N) is 1. The Morgan fingerprint density at radius 1 is 1.69 bits per heavy atom. The van der Waals surface area contributed by atoms with Crippen LogP contribution in [0.3, 0.4) is 0 Å². The number of thioether (sulfide) groups is 1. The molecule has 76 valence electrons. The first-order chi connectivity index (χ1) is 6.29. The summed E-state index contributed by atoms with van der Waals surface area (Å²) in [5.41, 5.74) is 0. The van der Waals surface area contributed by atoms with E-state index in [0.717, 1.165) is 31.0 Å². The summed E-state index contributed by atoms with van der Waals surface area (Å²) in [7, 11) is 1.86. The fraction of sp³-hybridized carbons (Fsp3) is 0.889. The fourth-order valence-electron chi connectivity index (χ4n) is 1.48. The van der Waals surface area contributed by atoms with E-state index < -0.39 is 0 Å². The molecule has 0 saturated carbocycles. The van der Waals surface area contributed by atoms with Gasteiger partial charge in [0.1, 0.15) is 0 Å². The second-order valence-corrected chi connectivity index (χ2v) is 4.39. The van der Waals surface area contributed by atoms with E-state index in [1.165, 1.54) is 0 Å². The monoisotopic (exact) mass is 202 g/mol. The highest BCUT2D eigenvalue weighted by Gasteiger charge is 2.24.